The first kappa shape index (κ1) is 17.1. The van der Waals surface area contributed by atoms with Gasteiger partial charge in [-0.15, -0.1) is 0 Å². The van der Waals surface area contributed by atoms with Crippen molar-refractivity contribution in [3.8, 4) is 0 Å². The van der Waals surface area contributed by atoms with Gasteiger partial charge in [0.25, 0.3) is 0 Å². The normalized spacial score (nSPS) is 27.7. The number of carbonyl (C=O) groups is 3. The maximum atomic E-state index is 13.5. The van der Waals surface area contributed by atoms with E-state index in [2.05, 4.69) is 0 Å². The van der Waals surface area contributed by atoms with Crippen molar-refractivity contribution in [2.24, 2.45) is 0 Å². The summed E-state index contributed by atoms with van der Waals surface area (Å²) < 4.78 is 33.2. The Balaban J connectivity index is 3.08. The molecule has 1 radical (unpaired) electrons. The van der Waals surface area contributed by atoms with Crippen LogP contribution < -0.4 is 0 Å². The SMILES string of the molecule is [B]=C1O[C@](CF)(COC(C)=O)[C@@H](OC(C)=O)[C@H]1OC(C)=O. The van der Waals surface area contributed by atoms with Gasteiger partial charge in [0.05, 0.1) is 0 Å². The van der Waals surface area contributed by atoms with E-state index >= 15 is 0 Å². The zero-order chi connectivity index (χ0) is 16.2. The fourth-order valence-electron chi connectivity index (χ4n) is 1.90. The van der Waals surface area contributed by atoms with Gasteiger partial charge in [-0.2, -0.15) is 0 Å². The first-order valence-corrected chi connectivity index (χ1v) is 6.07. The predicted molar refractivity (Wildman–Crippen MR) is 68.3 cm³/mol. The third kappa shape index (κ3) is 4.02. The second kappa shape index (κ2) is 6.69. The topological polar surface area (TPSA) is 88.1 Å². The number of hydrogen-bond donors (Lipinski definition) is 0. The molecule has 0 aromatic heterocycles. The van der Waals surface area contributed by atoms with Gasteiger partial charge in [0.1, 0.15) is 0 Å². The molecule has 0 amide bonds. The number of carbonyl (C=O) groups excluding carboxylic acids is 3. The van der Waals surface area contributed by atoms with Gasteiger partial charge in [-0.3, -0.25) is 0 Å². The maximum absolute atomic E-state index is 13.5. The van der Waals surface area contributed by atoms with Crippen molar-refractivity contribution in [2.75, 3.05) is 13.3 Å². The Kier molecular flexibility index (Phi) is 5.45. The van der Waals surface area contributed by atoms with Crippen LogP contribution in [0.1, 0.15) is 20.8 Å². The molecule has 0 aliphatic carbocycles. The van der Waals surface area contributed by atoms with Crippen LogP contribution in [-0.4, -0.2) is 62.1 Å². The van der Waals surface area contributed by atoms with Crippen LogP contribution in [0.15, 0.2) is 0 Å². The van der Waals surface area contributed by atoms with Crippen LogP contribution in [-0.2, 0) is 33.3 Å². The molecule has 0 unspecified atom stereocenters. The van der Waals surface area contributed by atoms with Gasteiger partial charge in [0.15, 0.2) is 0 Å². The van der Waals surface area contributed by atoms with Crippen molar-refractivity contribution < 1.29 is 37.7 Å². The van der Waals surface area contributed by atoms with Crippen LogP contribution in [0.2, 0.25) is 0 Å². The van der Waals surface area contributed by atoms with Crippen LogP contribution in [0, 0.1) is 0 Å². The molecule has 0 aromatic rings. The average molecular weight is 301 g/mol. The van der Waals surface area contributed by atoms with Crippen molar-refractivity contribution in [1.82, 2.24) is 0 Å². The van der Waals surface area contributed by atoms with Crippen molar-refractivity contribution in [1.29, 1.82) is 0 Å². The third-order valence-electron chi connectivity index (χ3n) is 2.73. The summed E-state index contributed by atoms with van der Waals surface area (Å²) in [5.41, 5.74) is -2.18. The summed E-state index contributed by atoms with van der Waals surface area (Å²) in [6.45, 7) is 1.61. The van der Waals surface area contributed by atoms with E-state index in [1.807, 2.05) is 0 Å². The third-order valence-corrected chi connectivity index (χ3v) is 2.73. The summed E-state index contributed by atoms with van der Waals surface area (Å²) in [5.74, 6) is -2.15. The van der Waals surface area contributed by atoms with E-state index in [9.17, 15) is 18.8 Å². The van der Waals surface area contributed by atoms with E-state index in [1.54, 1.807) is 0 Å². The van der Waals surface area contributed by atoms with Crippen LogP contribution in [0.25, 0.3) is 0 Å². The van der Waals surface area contributed by atoms with E-state index in [4.69, 9.17) is 26.4 Å². The Bertz CT molecular complexity index is 467. The molecule has 0 N–H and O–H groups in total. The Morgan fingerprint density at radius 3 is 2.19 bits per heavy atom. The molecule has 7 nitrogen and oxygen atoms in total. The van der Waals surface area contributed by atoms with Gasteiger partial charge in [-0.05, 0) is 0 Å². The van der Waals surface area contributed by atoms with Crippen LogP contribution in [0.3, 0.4) is 0 Å². The fourth-order valence-corrected chi connectivity index (χ4v) is 1.90. The summed E-state index contributed by atoms with van der Waals surface area (Å²) in [6, 6.07) is 0. The molecule has 1 rings (SSSR count). The first-order chi connectivity index (χ1) is 9.71. The van der Waals surface area contributed by atoms with E-state index in [-0.39, 0.29) is 5.65 Å². The van der Waals surface area contributed by atoms with Crippen LogP contribution >= 0.6 is 0 Å². The predicted octanol–water partition coefficient (Wildman–Crippen LogP) is -0.550. The second-order valence-electron chi connectivity index (χ2n) is 4.54. The molecule has 0 bridgehead atoms. The molecule has 1 aliphatic heterocycles. The zero-order valence-electron chi connectivity index (χ0n) is 11.9. The number of esters is 3. The van der Waals surface area contributed by atoms with Gasteiger partial charge in [-0.1, -0.05) is 0 Å². The van der Waals surface area contributed by atoms with Gasteiger partial charge < -0.3 is 0 Å². The average Bonchev–Trinajstić information content (AvgIpc) is 2.61. The number of alkyl halides is 1. The molecule has 0 spiro atoms. The van der Waals surface area contributed by atoms with Gasteiger partial charge in [0.2, 0.25) is 0 Å². The minimum absolute atomic E-state index is 0.332. The summed E-state index contributed by atoms with van der Waals surface area (Å²) in [6.07, 6.45) is -2.64. The number of ether oxygens (including phenoxy) is 4. The molecular formula is C12H15BFO7. The van der Waals surface area contributed by atoms with Crippen LogP contribution in [0.5, 0.6) is 0 Å². The molecule has 1 saturated heterocycles. The van der Waals surface area contributed by atoms with E-state index in [0.717, 1.165) is 20.8 Å². The van der Waals surface area contributed by atoms with E-state index < -0.39 is 49.0 Å². The van der Waals surface area contributed by atoms with Crippen molar-refractivity contribution in [2.45, 2.75) is 38.6 Å². The van der Waals surface area contributed by atoms with Gasteiger partial charge >= 0.3 is 121 Å². The summed E-state index contributed by atoms with van der Waals surface area (Å²) >= 11 is 0. The van der Waals surface area contributed by atoms with Gasteiger partial charge in [-0.25, -0.2) is 0 Å². The quantitative estimate of drug-likeness (QED) is 0.382. The van der Waals surface area contributed by atoms with E-state index in [0.29, 0.717) is 0 Å². The minimum atomic E-state index is -1.85. The molecule has 1 fully saturated rings. The Labute approximate surface area is 121 Å². The number of rotatable bonds is 5. The number of halogens is 1. The van der Waals surface area contributed by atoms with Crippen molar-refractivity contribution >= 4 is 31.0 Å². The molecule has 1 aliphatic rings. The Morgan fingerprint density at radius 2 is 1.76 bits per heavy atom. The molecule has 1 heterocycles. The molecule has 9 heteroatoms. The molecule has 115 valence electrons. The van der Waals surface area contributed by atoms with Gasteiger partial charge in [0, 0.05) is 0 Å². The summed E-state index contributed by atoms with van der Waals surface area (Å²) in [4.78, 5) is 33.2. The monoisotopic (exact) mass is 301 g/mol. The standard InChI is InChI=1S/C12H15BFO7/c1-6(15)18-5-12(4-14)10(20-8(3)17)9(11(13)21-12)19-7(2)16/h9-10H,4-5H2,1-3H3/t9-,10+,12-/m1/s1. The summed E-state index contributed by atoms with van der Waals surface area (Å²) in [5, 5.41) is 0. The zero-order valence-corrected chi connectivity index (χ0v) is 11.9. The molecule has 3 atom stereocenters. The molecule has 21 heavy (non-hydrogen) atoms. The Hall–Kier alpha value is -1.93. The van der Waals surface area contributed by atoms with Crippen molar-refractivity contribution in [3.63, 3.8) is 0 Å². The summed E-state index contributed by atoms with van der Waals surface area (Å²) in [7, 11) is 5.57. The Morgan fingerprint density at radius 1 is 1.19 bits per heavy atom. The molecular weight excluding hydrogens is 286 g/mol. The van der Waals surface area contributed by atoms with E-state index in [1.165, 1.54) is 0 Å². The van der Waals surface area contributed by atoms with Crippen LogP contribution in [0.4, 0.5) is 4.39 Å². The fraction of sp³-hybridized carbons (Fsp3) is 0.667. The number of hydrogen-bond acceptors (Lipinski definition) is 7. The molecule has 0 aromatic carbocycles. The van der Waals surface area contributed by atoms with Crippen molar-refractivity contribution in [3.05, 3.63) is 0 Å². The first-order valence-electron chi connectivity index (χ1n) is 6.07. The molecule has 0 saturated carbocycles. The second-order valence-corrected chi connectivity index (χ2v) is 4.54.